The van der Waals surface area contributed by atoms with Crippen molar-refractivity contribution in [3.8, 4) is 6.07 Å². The van der Waals surface area contributed by atoms with Gasteiger partial charge < -0.3 is 15.7 Å². The highest BCUT2D eigenvalue weighted by molar-refractivity contribution is 6.31. The van der Waals surface area contributed by atoms with Gasteiger partial charge in [-0.25, -0.2) is 9.37 Å². The van der Waals surface area contributed by atoms with Gasteiger partial charge in [0.25, 0.3) is 0 Å². The van der Waals surface area contributed by atoms with Gasteiger partial charge in [-0.1, -0.05) is 41.9 Å². The molecule has 3 N–H and O–H groups in total. The van der Waals surface area contributed by atoms with Crippen molar-refractivity contribution in [1.82, 2.24) is 9.97 Å². The molecular weight excluding hydrogens is 429 g/mol. The van der Waals surface area contributed by atoms with Gasteiger partial charge in [0.15, 0.2) is 0 Å². The zero-order valence-electron chi connectivity index (χ0n) is 17.1. The summed E-state index contributed by atoms with van der Waals surface area (Å²) >= 11 is 5.90. The number of nitrogens with zero attached hydrogens (tertiary/aromatic N) is 3. The molecule has 0 aliphatic rings. The van der Waals surface area contributed by atoms with Crippen LogP contribution in [0.3, 0.4) is 0 Å². The Labute approximate surface area is 189 Å². The summed E-state index contributed by atoms with van der Waals surface area (Å²) < 4.78 is 13.5. The van der Waals surface area contributed by atoms with E-state index in [9.17, 15) is 14.8 Å². The first-order chi connectivity index (χ1) is 15.5. The highest BCUT2D eigenvalue weighted by Crippen LogP contribution is 2.31. The molecule has 2 atom stereocenters. The number of anilines is 3. The second-order valence-electron chi connectivity index (χ2n) is 7.29. The van der Waals surface area contributed by atoms with Crippen LogP contribution in [0.15, 0.2) is 67.0 Å². The van der Waals surface area contributed by atoms with Crippen LogP contribution in [-0.4, -0.2) is 21.1 Å². The second kappa shape index (κ2) is 9.18. The number of rotatable bonds is 6. The number of nitriles is 1. The van der Waals surface area contributed by atoms with Crippen molar-refractivity contribution in [2.24, 2.45) is 0 Å². The average Bonchev–Trinajstić information content (AvgIpc) is 2.81. The number of aliphatic hydroxyl groups excluding tert-OH is 1. The van der Waals surface area contributed by atoms with Crippen molar-refractivity contribution in [3.63, 3.8) is 0 Å². The molecule has 6 nitrogen and oxygen atoms in total. The molecule has 2 heterocycles. The van der Waals surface area contributed by atoms with Crippen LogP contribution < -0.4 is 10.6 Å². The van der Waals surface area contributed by atoms with Crippen LogP contribution in [0.4, 0.5) is 21.6 Å². The van der Waals surface area contributed by atoms with Crippen molar-refractivity contribution < 1.29 is 9.50 Å². The number of aromatic nitrogens is 2. The van der Waals surface area contributed by atoms with Crippen molar-refractivity contribution >= 4 is 39.7 Å². The third-order valence-corrected chi connectivity index (χ3v) is 5.34. The maximum atomic E-state index is 13.5. The fraction of sp³-hybridized carbons (Fsp3) is 0.125. The maximum Gasteiger partial charge on any atom is 0.141 e. The number of aliphatic hydroxyl groups is 1. The van der Waals surface area contributed by atoms with Crippen LogP contribution in [0, 0.1) is 17.1 Å². The summed E-state index contributed by atoms with van der Waals surface area (Å²) in [5.74, 6) is -0.0176. The van der Waals surface area contributed by atoms with E-state index in [1.54, 1.807) is 12.3 Å². The molecule has 4 rings (SSSR count). The number of halogens is 2. The summed E-state index contributed by atoms with van der Waals surface area (Å²) in [4.78, 5) is 8.69. The molecule has 0 spiro atoms. The Morgan fingerprint density at radius 1 is 1.09 bits per heavy atom. The number of hydrogen-bond donors (Lipinski definition) is 3. The summed E-state index contributed by atoms with van der Waals surface area (Å²) in [6.45, 7) is 1.85. The first kappa shape index (κ1) is 21.5. The Bertz CT molecular complexity index is 1310. The molecule has 0 fully saturated rings. The zero-order valence-corrected chi connectivity index (χ0v) is 17.8. The fourth-order valence-corrected chi connectivity index (χ4v) is 3.54. The summed E-state index contributed by atoms with van der Waals surface area (Å²) in [7, 11) is 0. The van der Waals surface area contributed by atoms with Gasteiger partial charge in [-0.15, -0.1) is 0 Å². The van der Waals surface area contributed by atoms with E-state index in [1.807, 2.05) is 37.3 Å². The van der Waals surface area contributed by atoms with Crippen LogP contribution in [0.25, 0.3) is 10.9 Å². The van der Waals surface area contributed by atoms with E-state index in [2.05, 4.69) is 26.7 Å². The van der Waals surface area contributed by atoms with Gasteiger partial charge in [-0.2, -0.15) is 5.26 Å². The smallest absolute Gasteiger partial charge is 0.141 e. The third kappa shape index (κ3) is 4.47. The molecule has 0 saturated carbocycles. The molecule has 160 valence electrons. The van der Waals surface area contributed by atoms with Gasteiger partial charge in [-0.3, -0.25) is 4.98 Å². The third-order valence-electron chi connectivity index (χ3n) is 5.05. The quantitative estimate of drug-likeness (QED) is 0.357. The molecule has 0 radical (unpaired) electrons. The van der Waals surface area contributed by atoms with E-state index in [-0.39, 0.29) is 11.1 Å². The van der Waals surface area contributed by atoms with Crippen LogP contribution in [0.5, 0.6) is 0 Å². The maximum absolute atomic E-state index is 13.5. The summed E-state index contributed by atoms with van der Waals surface area (Å²) in [5.41, 5.74) is 2.70. The Balaban J connectivity index is 1.68. The lowest BCUT2D eigenvalue weighted by Gasteiger charge is -2.21. The highest BCUT2D eigenvalue weighted by atomic mass is 35.5. The van der Waals surface area contributed by atoms with Gasteiger partial charge in [0.05, 0.1) is 40.1 Å². The lowest BCUT2D eigenvalue weighted by atomic mass is 10.0. The van der Waals surface area contributed by atoms with E-state index >= 15 is 0 Å². The Hall–Kier alpha value is -3.73. The first-order valence-corrected chi connectivity index (χ1v) is 10.2. The van der Waals surface area contributed by atoms with Crippen LogP contribution in [0.2, 0.25) is 5.02 Å². The van der Waals surface area contributed by atoms with Crippen molar-refractivity contribution in [1.29, 1.82) is 5.26 Å². The number of hydrogen-bond acceptors (Lipinski definition) is 6. The Morgan fingerprint density at radius 2 is 1.88 bits per heavy atom. The van der Waals surface area contributed by atoms with E-state index in [1.165, 1.54) is 24.4 Å². The molecule has 0 saturated heterocycles. The molecule has 0 aliphatic heterocycles. The van der Waals surface area contributed by atoms with Gasteiger partial charge >= 0.3 is 0 Å². The van der Waals surface area contributed by atoms with Crippen LogP contribution in [0.1, 0.15) is 24.2 Å². The summed E-state index contributed by atoms with van der Waals surface area (Å²) in [6, 6.07) is 17.1. The standard InChI is InChI=1S/C24H19ClFN5O/c1-14(24(32)15-5-3-2-4-6-15)30-22-10-18-21(13-29-22)28-12-16(11-27)23(18)31-17-7-8-20(26)19(25)9-17/h2-10,12-14,24,32H,1H3,(H,28,31)(H,29,30)/t14-,24-/m1/s1. The van der Waals surface area contributed by atoms with Gasteiger partial charge in [0.1, 0.15) is 17.7 Å². The normalized spacial score (nSPS) is 12.7. The van der Waals surface area contributed by atoms with Crippen LogP contribution in [-0.2, 0) is 0 Å². The molecule has 0 amide bonds. The van der Waals surface area contributed by atoms with Gasteiger partial charge in [0, 0.05) is 17.3 Å². The topological polar surface area (TPSA) is 93.9 Å². The summed E-state index contributed by atoms with van der Waals surface area (Å²) in [5, 5.41) is 27.2. The largest absolute Gasteiger partial charge is 0.386 e. The summed E-state index contributed by atoms with van der Waals surface area (Å²) in [6.07, 6.45) is 2.30. The monoisotopic (exact) mass is 447 g/mol. The van der Waals surface area contributed by atoms with Crippen LogP contribution >= 0.6 is 11.6 Å². The minimum absolute atomic E-state index is 0.0281. The molecule has 4 aromatic rings. The van der Waals surface area contributed by atoms with E-state index in [4.69, 9.17) is 11.6 Å². The second-order valence-corrected chi connectivity index (χ2v) is 7.69. The number of fused-ring (bicyclic) bond motifs is 1. The molecule has 32 heavy (non-hydrogen) atoms. The van der Waals surface area contributed by atoms with Crippen molar-refractivity contribution in [2.75, 3.05) is 10.6 Å². The molecule has 8 heteroatoms. The Morgan fingerprint density at radius 3 is 2.59 bits per heavy atom. The molecule has 2 aromatic heterocycles. The number of nitrogens with one attached hydrogen (secondary N) is 2. The minimum Gasteiger partial charge on any atom is -0.386 e. The number of pyridine rings is 2. The lowest BCUT2D eigenvalue weighted by Crippen LogP contribution is -2.24. The predicted octanol–water partition coefficient (Wildman–Crippen LogP) is 5.57. The van der Waals surface area contributed by atoms with E-state index in [0.717, 1.165) is 5.56 Å². The minimum atomic E-state index is -0.740. The molecule has 2 aromatic carbocycles. The SMILES string of the molecule is C[C@@H](Nc1cc2c(Nc3ccc(F)c(Cl)c3)c(C#N)cnc2cn1)[C@@H](O)c1ccccc1. The van der Waals surface area contributed by atoms with E-state index < -0.39 is 11.9 Å². The molecule has 0 bridgehead atoms. The Kier molecular flexibility index (Phi) is 6.17. The van der Waals surface area contributed by atoms with Gasteiger partial charge in [0.2, 0.25) is 0 Å². The van der Waals surface area contributed by atoms with Crippen molar-refractivity contribution in [3.05, 3.63) is 89.0 Å². The van der Waals surface area contributed by atoms with Crippen molar-refractivity contribution in [2.45, 2.75) is 19.1 Å². The lowest BCUT2D eigenvalue weighted by molar-refractivity contribution is 0.160. The average molecular weight is 448 g/mol. The predicted molar refractivity (Wildman–Crippen MR) is 123 cm³/mol. The zero-order chi connectivity index (χ0) is 22.7. The van der Waals surface area contributed by atoms with E-state index in [0.29, 0.717) is 33.7 Å². The highest BCUT2D eigenvalue weighted by Gasteiger charge is 2.18. The molecule has 0 unspecified atom stereocenters. The van der Waals surface area contributed by atoms with Gasteiger partial charge in [-0.05, 0) is 36.8 Å². The first-order valence-electron chi connectivity index (χ1n) is 9.86. The molecule has 0 aliphatic carbocycles. The fourth-order valence-electron chi connectivity index (χ4n) is 3.36. The number of benzene rings is 2. The molecular formula is C24H19ClFN5O.